The molecule has 1 saturated heterocycles. The lowest BCUT2D eigenvalue weighted by Gasteiger charge is -2.12. The summed E-state index contributed by atoms with van der Waals surface area (Å²) in [7, 11) is 1.70. The van der Waals surface area contributed by atoms with Crippen LogP contribution in [0.2, 0.25) is 0 Å². The average Bonchev–Trinajstić information content (AvgIpc) is 2.10. The Kier molecular flexibility index (Phi) is 1.92. The number of likely N-dealkylation sites (tertiary alicyclic amines) is 1. The van der Waals surface area contributed by atoms with E-state index in [9.17, 15) is 4.79 Å². The molecule has 0 aliphatic carbocycles. The molecule has 4 nitrogen and oxygen atoms in total. The Morgan fingerprint density at radius 2 is 2.30 bits per heavy atom. The van der Waals surface area contributed by atoms with Crippen LogP contribution in [0.15, 0.2) is 0 Å². The minimum atomic E-state index is -0.848. The molecule has 58 valence electrons. The van der Waals surface area contributed by atoms with E-state index in [4.69, 9.17) is 10.2 Å². The van der Waals surface area contributed by atoms with Gasteiger partial charge in [-0.05, 0) is 7.05 Å². The van der Waals surface area contributed by atoms with Crippen LogP contribution in [0, 0.1) is 0 Å². The van der Waals surface area contributed by atoms with Crippen LogP contribution in [0.1, 0.15) is 6.42 Å². The minimum absolute atomic E-state index is 0.353. The number of likely N-dealkylation sites (N-methyl/N-ethyl adjacent to an activating group) is 1. The van der Waals surface area contributed by atoms with Crippen LogP contribution in [0.25, 0.3) is 0 Å². The molecule has 0 aromatic rings. The highest BCUT2D eigenvalue weighted by Crippen LogP contribution is 2.14. The van der Waals surface area contributed by atoms with Gasteiger partial charge in [0.15, 0.2) is 0 Å². The predicted octanol–water partition coefficient (Wildman–Crippen LogP) is -0.864. The summed E-state index contributed by atoms with van der Waals surface area (Å²) < 4.78 is 0. The number of aliphatic hydroxyl groups is 1. The van der Waals surface area contributed by atoms with Gasteiger partial charge in [-0.25, -0.2) is 0 Å². The first kappa shape index (κ1) is 7.50. The van der Waals surface area contributed by atoms with Gasteiger partial charge in [-0.15, -0.1) is 0 Å². The van der Waals surface area contributed by atoms with E-state index in [-0.39, 0.29) is 0 Å². The predicted molar refractivity (Wildman–Crippen MR) is 34.7 cm³/mol. The molecular formula is C6H11NO3. The van der Waals surface area contributed by atoms with E-state index in [1.165, 1.54) is 0 Å². The number of carboxylic acids is 1. The second-order valence-electron chi connectivity index (χ2n) is 2.68. The van der Waals surface area contributed by atoms with Crippen molar-refractivity contribution >= 4 is 5.97 Å². The zero-order valence-electron chi connectivity index (χ0n) is 5.82. The normalized spacial score (nSPS) is 34.6. The maximum atomic E-state index is 10.4. The number of carboxylic acid groups (broad SMARTS) is 1. The van der Waals surface area contributed by atoms with E-state index in [0.717, 1.165) is 0 Å². The number of β-amino-alcohol motifs (C(OH)–C–C–N with tert-alkyl or cyclic N) is 1. The molecule has 0 bridgehead atoms. The molecule has 1 aliphatic heterocycles. The molecule has 10 heavy (non-hydrogen) atoms. The Bertz CT molecular complexity index is 148. The largest absolute Gasteiger partial charge is 0.480 e. The fraction of sp³-hybridized carbons (Fsp3) is 0.833. The van der Waals surface area contributed by atoms with Crippen molar-refractivity contribution in [2.75, 3.05) is 13.6 Å². The smallest absolute Gasteiger partial charge is 0.321 e. The van der Waals surface area contributed by atoms with E-state index in [1.807, 2.05) is 0 Å². The number of carbonyl (C=O) groups is 1. The van der Waals surface area contributed by atoms with Crippen LogP contribution in [0.3, 0.4) is 0 Å². The van der Waals surface area contributed by atoms with Gasteiger partial charge in [-0.2, -0.15) is 0 Å². The lowest BCUT2D eigenvalue weighted by molar-refractivity contribution is -0.141. The van der Waals surface area contributed by atoms with Gasteiger partial charge in [-0.3, -0.25) is 9.69 Å². The number of rotatable bonds is 1. The van der Waals surface area contributed by atoms with Crippen molar-refractivity contribution in [2.24, 2.45) is 0 Å². The maximum absolute atomic E-state index is 10.4. The summed E-state index contributed by atoms with van der Waals surface area (Å²) in [6.07, 6.45) is -0.114. The van der Waals surface area contributed by atoms with Gasteiger partial charge < -0.3 is 10.2 Å². The second-order valence-corrected chi connectivity index (χ2v) is 2.68. The Labute approximate surface area is 59.1 Å². The van der Waals surface area contributed by atoms with Gasteiger partial charge >= 0.3 is 5.97 Å². The molecule has 2 N–H and O–H groups in total. The fourth-order valence-corrected chi connectivity index (χ4v) is 1.26. The van der Waals surface area contributed by atoms with Gasteiger partial charge in [0.25, 0.3) is 0 Å². The topological polar surface area (TPSA) is 60.8 Å². The van der Waals surface area contributed by atoms with Crippen molar-refractivity contribution in [1.82, 2.24) is 4.90 Å². The summed E-state index contributed by atoms with van der Waals surface area (Å²) in [4.78, 5) is 12.1. The molecule has 1 heterocycles. The maximum Gasteiger partial charge on any atom is 0.321 e. The first-order valence-electron chi connectivity index (χ1n) is 3.22. The van der Waals surface area contributed by atoms with Crippen LogP contribution in [-0.2, 0) is 4.79 Å². The van der Waals surface area contributed by atoms with E-state index >= 15 is 0 Å². The lowest BCUT2D eigenvalue weighted by atomic mass is 10.2. The highest BCUT2D eigenvalue weighted by atomic mass is 16.4. The van der Waals surface area contributed by atoms with Gasteiger partial charge in [0.2, 0.25) is 0 Å². The minimum Gasteiger partial charge on any atom is -0.480 e. The van der Waals surface area contributed by atoms with Crippen molar-refractivity contribution in [2.45, 2.75) is 18.6 Å². The standard InChI is InChI=1S/C6H11NO3/c1-7-3-4(8)2-5(7)6(9)10/h4-5,8H,2-3H2,1H3,(H,9,10)/t4?,5-/m0/s1. The highest BCUT2D eigenvalue weighted by Gasteiger charge is 2.32. The first-order valence-corrected chi connectivity index (χ1v) is 3.22. The average molecular weight is 145 g/mol. The summed E-state index contributed by atoms with van der Waals surface area (Å²) in [5, 5.41) is 17.6. The highest BCUT2D eigenvalue weighted by molar-refractivity contribution is 5.73. The summed E-state index contributed by atoms with van der Waals surface area (Å²) in [5.74, 6) is -0.848. The Balaban J connectivity index is 2.54. The van der Waals surface area contributed by atoms with Crippen molar-refractivity contribution in [3.63, 3.8) is 0 Å². The van der Waals surface area contributed by atoms with E-state index < -0.39 is 18.1 Å². The Hall–Kier alpha value is -0.610. The van der Waals surface area contributed by atoms with Crippen molar-refractivity contribution < 1.29 is 15.0 Å². The molecular weight excluding hydrogens is 134 g/mol. The number of aliphatic hydroxyl groups excluding tert-OH is 1. The van der Waals surface area contributed by atoms with E-state index in [0.29, 0.717) is 13.0 Å². The molecule has 0 radical (unpaired) electrons. The third kappa shape index (κ3) is 1.27. The zero-order valence-corrected chi connectivity index (χ0v) is 5.82. The molecule has 1 rings (SSSR count). The molecule has 0 aromatic heterocycles. The van der Waals surface area contributed by atoms with E-state index in [1.54, 1.807) is 11.9 Å². The van der Waals surface area contributed by atoms with Gasteiger partial charge in [0.1, 0.15) is 6.04 Å². The number of hydrogen-bond donors (Lipinski definition) is 2. The van der Waals surface area contributed by atoms with E-state index in [2.05, 4.69) is 0 Å². The molecule has 0 aromatic carbocycles. The Morgan fingerprint density at radius 3 is 2.50 bits per heavy atom. The first-order chi connectivity index (χ1) is 4.61. The molecule has 1 aliphatic rings. The van der Waals surface area contributed by atoms with Crippen molar-refractivity contribution in [1.29, 1.82) is 0 Å². The third-order valence-electron chi connectivity index (χ3n) is 1.81. The lowest BCUT2D eigenvalue weighted by Crippen LogP contribution is -2.32. The van der Waals surface area contributed by atoms with Gasteiger partial charge in [0, 0.05) is 13.0 Å². The SMILES string of the molecule is CN1CC(O)C[C@H]1C(=O)O. The number of aliphatic carboxylic acids is 1. The van der Waals surface area contributed by atoms with Crippen molar-refractivity contribution in [3.8, 4) is 0 Å². The van der Waals surface area contributed by atoms with Crippen molar-refractivity contribution in [3.05, 3.63) is 0 Å². The molecule has 1 unspecified atom stereocenters. The summed E-state index contributed by atoms with van der Waals surface area (Å²) in [5.41, 5.74) is 0. The van der Waals surface area contributed by atoms with Crippen LogP contribution in [0.5, 0.6) is 0 Å². The second kappa shape index (κ2) is 2.56. The summed E-state index contributed by atoms with van der Waals surface area (Å²) in [6, 6.07) is -0.491. The number of hydrogen-bond acceptors (Lipinski definition) is 3. The molecule has 0 amide bonds. The van der Waals surface area contributed by atoms with Gasteiger partial charge in [0.05, 0.1) is 6.10 Å². The zero-order chi connectivity index (χ0) is 7.72. The van der Waals surface area contributed by atoms with Crippen LogP contribution < -0.4 is 0 Å². The number of nitrogens with zero attached hydrogens (tertiary/aromatic N) is 1. The van der Waals surface area contributed by atoms with Crippen LogP contribution in [-0.4, -0.2) is 46.8 Å². The third-order valence-corrected chi connectivity index (χ3v) is 1.81. The van der Waals surface area contributed by atoms with Gasteiger partial charge in [-0.1, -0.05) is 0 Å². The molecule has 0 spiro atoms. The summed E-state index contributed by atoms with van der Waals surface area (Å²) in [6.45, 7) is 0.469. The monoisotopic (exact) mass is 145 g/mol. The molecule has 0 saturated carbocycles. The quantitative estimate of drug-likeness (QED) is 0.504. The fourth-order valence-electron chi connectivity index (χ4n) is 1.26. The molecule has 4 heteroatoms. The summed E-state index contributed by atoms with van der Waals surface area (Å²) >= 11 is 0. The Morgan fingerprint density at radius 1 is 1.70 bits per heavy atom. The van der Waals surface area contributed by atoms with Crippen LogP contribution in [0.4, 0.5) is 0 Å². The molecule has 2 atom stereocenters. The van der Waals surface area contributed by atoms with Crippen LogP contribution >= 0.6 is 0 Å². The molecule has 1 fully saturated rings.